The molecule has 40 heavy (non-hydrogen) atoms. The van der Waals surface area contributed by atoms with Crippen LogP contribution in [0.2, 0.25) is 0 Å². The SMILES string of the molecule is CC(C)C(=N)n1cc(O[C@@H]2CC[C@H](NC(=O)Nc3cc(F)cc(N4CCOCC4)c3)c3ccccc32)ccc1=N. The fourth-order valence-electron chi connectivity index (χ4n) is 5.19. The first-order valence-electron chi connectivity index (χ1n) is 13.6. The van der Waals surface area contributed by atoms with E-state index in [2.05, 4.69) is 10.6 Å². The maximum absolute atomic E-state index is 14.4. The van der Waals surface area contributed by atoms with Crippen LogP contribution in [0.5, 0.6) is 5.75 Å². The molecule has 1 fully saturated rings. The summed E-state index contributed by atoms with van der Waals surface area (Å²) in [6.45, 7) is 6.35. The van der Waals surface area contributed by atoms with E-state index in [0.717, 1.165) is 11.1 Å². The average Bonchev–Trinajstić information content (AvgIpc) is 2.95. The predicted molar refractivity (Wildman–Crippen MR) is 152 cm³/mol. The zero-order chi connectivity index (χ0) is 28.2. The molecule has 210 valence electrons. The molecule has 1 aliphatic heterocycles. The monoisotopic (exact) mass is 546 g/mol. The number of morpholine rings is 1. The number of aromatic nitrogens is 1. The normalized spacial score (nSPS) is 18.6. The molecular weight excluding hydrogens is 511 g/mol. The summed E-state index contributed by atoms with van der Waals surface area (Å²) in [6, 6.07) is 15.2. The predicted octanol–water partition coefficient (Wildman–Crippen LogP) is 5.20. The van der Waals surface area contributed by atoms with Crippen molar-refractivity contribution in [1.82, 2.24) is 9.88 Å². The van der Waals surface area contributed by atoms with Crippen LogP contribution in [0.1, 0.15) is 50.0 Å². The number of amides is 2. The molecule has 2 heterocycles. The van der Waals surface area contributed by atoms with Crippen LogP contribution in [0.15, 0.2) is 60.8 Å². The van der Waals surface area contributed by atoms with Crippen molar-refractivity contribution in [1.29, 1.82) is 10.8 Å². The second-order valence-corrected chi connectivity index (χ2v) is 10.4. The van der Waals surface area contributed by atoms with Gasteiger partial charge in [0.1, 0.15) is 29.0 Å². The van der Waals surface area contributed by atoms with Gasteiger partial charge in [-0.25, -0.2) is 9.18 Å². The smallest absolute Gasteiger partial charge is 0.319 e. The van der Waals surface area contributed by atoms with Gasteiger partial charge in [0.05, 0.1) is 25.5 Å². The van der Waals surface area contributed by atoms with Crippen molar-refractivity contribution in [2.24, 2.45) is 5.92 Å². The van der Waals surface area contributed by atoms with Crippen molar-refractivity contribution >= 4 is 23.2 Å². The van der Waals surface area contributed by atoms with Crippen LogP contribution in [0.4, 0.5) is 20.6 Å². The number of carbonyl (C=O) groups is 1. The highest BCUT2D eigenvalue weighted by molar-refractivity contribution is 5.90. The summed E-state index contributed by atoms with van der Waals surface area (Å²) in [6.07, 6.45) is 2.76. The molecule has 0 spiro atoms. The van der Waals surface area contributed by atoms with Gasteiger partial charge in [0.15, 0.2) is 0 Å². The number of nitrogens with one attached hydrogen (secondary N) is 4. The fraction of sp³-hybridized carbons (Fsp3) is 0.367. The second kappa shape index (κ2) is 11.9. The van der Waals surface area contributed by atoms with E-state index in [0.29, 0.717) is 62.1 Å². The first-order chi connectivity index (χ1) is 19.3. The van der Waals surface area contributed by atoms with Crippen molar-refractivity contribution in [3.05, 3.63) is 83.2 Å². The minimum atomic E-state index is -0.411. The lowest BCUT2D eigenvalue weighted by Gasteiger charge is -2.32. The molecule has 1 aliphatic carbocycles. The topological polar surface area (TPSA) is 115 Å². The van der Waals surface area contributed by atoms with Crippen LogP contribution in [0, 0.1) is 22.6 Å². The fourth-order valence-corrected chi connectivity index (χ4v) is 5.19. The highest BCUT2D eigenvalue weighted by atomic mass is 19.1. The van der Waals surface area contributed by atoms with Crippen LogP contribution in [-0.2, 0) is 4.74 Å². The van der Waals surface area contributed by atoms with E-state index >= 15 is 0 Å². The zero-order valence-electron chi connectivity index (χ0n) is 22.7. The molecule has 0 bridgehead atoms. The summed E-state index contributed by atoms with van der Waals surface area (Å²) < 4.78 is 27.6. The van der Waals surface area contributed by atoms with Gasteiger partial charge >= 0.3 is 6.03 Å². The van der Waals surface area contributed by atoms with Crippen molar-refractivity contribution in [2.75, 3.05) is 36.5 Å². The highest BCUT2D eigenvalue weighted by Gasteiger charge is 2.29. The Balaban J connectivity index is 1.29. The number of nitrogens with zero attached hydrogens (tertiary/aromatic N) is 2. The molecule has 9 nitrogen and oxygen atoms in total. The maximum atomic E-state index is 14.4. The molecule has 2 amide bonds. The molecular formula is C30H35FN6O3. The van der Waals surface area contributed by atoms with Gasteiger partial charge in [-0.15, -0.1) is 0 Å². The van der Waals surface area contributed by atoms with Crippen LogP contribution < -0.4 is 25.8 Å². The van der Waals surface area contributed by atoms with Gasteiger partial charge in [-0.3, -0.25) is 15.4 Å². The van der Waals surface area contributed by atoms with E-state index < -0.39 is 11.8 Å². The van der Waals surface area contributed by atoms with E-state index in [1.54, 1.807) is 24.4 Å². The maximum Gasteiger partial charge on any atom is 0.319 e. The van der Waals surface area contributed by atoms with E-state index in [-0.39, 0.29) is 23.6 Å². The van der Waals surface area contributed by atoms with Gasteiger partial charge in [0, 0.05) is 30.4 Å². The number of hydrogen-bond donors (Lipinski definition) is 4. The molecule has 0 radical (unpaired) electrons. The van der Waals surface area contributed by atoms with Crippen LogP contribution in [0.25, 0.3) is 0 Å². The Labute approximate surface area is 232 Å². The van der Waals surface area contributed by atoms with E-state index in [9.17, 15) is 9.18 Å². The number of pyridine rings is 1. The molecule has 3 aromatic rings. The number of carbonyl (C=O) groups excluding carboxylic acids is 1. The molecule has 0 saturated carbocycles. The van der Waals surface area contributed by atoms with Crippen molar-refractivity contribution in [3.8, 4) is 5.75 Å². The number of halogens is 1. The van der Waals surface area contributed by atoms with Crippen LogP contribution in [0.3, 0.4) is 0 Å². The number of benzene rings is 2. The Bertz CT molecular complexity index is 1450. The quantitative estimate of drug-likeness (QED) is 0.251. The average molecular weight is 547 g/mol. The van der Waals surface area contributed by atoms with Crippen LogP contribution in [-0.4, -0.2) is 42.7 Å². The highest BCUT2D eigenvalue weighted by Crippen LogP contribution is 2.38. The Morgan fingerprint density at radius 3 is 2.58 bits per heavy atom. The molecule has 1 aromatic heterocycles. The summed E-state index contributed by atoms with van der Waals surface area (Å²) in [7, 11) is 0. The lowest BCUT2D eigenvalue weighted by Crippen LogP contribution is -2.37. The lowest BCUT2D eigenvalue weighted by molar-refractivity contribution is 0.122. The van der Waals surface area contributed by atoms with Crippen molar-refractivity contribution in [3.63, 3.8) is 0 Å². The van der Waals surface area contributed by atoms with Crippen molar-refractivity contribution in [2.45, 2.75) is 38.8 Å². The summed E-state index contributed by atoms with van der Waals surface area (Å²) >= 11 is 0. The van der Waals surface area contributed by atoms with E-state index in [4.69, 9.17) is 20.3 Å². The number of fused-ring (bicyclic) bond motifs is 1. The Hall–Kier alpha value is -4.18. The minimum Gasteiger partial charge on any atom is -0.484 e. The first-order valence-corrected chi connectivity index (χ1v) is 13.6. The third kappa shape index (κ3) is 6.17. The van der Waals surface area contributed by atoms with E-state index in [1.165, 1.54) is 16.7 Å². The second-order valence-electron chi connectivity index (χ2n) is 10.4. The summed E-state index contributed by atoms with van der Waals surface area (Å²) in [5.41, 5.74) is 3.26. The summed E-state index contributed by atoms with van der Waals surface area (Å²) in [4.78, 5) is 15.0. The zero-order valence-corrected chi connectivity index (χ0v) is 22.7. The Morgan fingerprint density at radius 1 is 1.07 bits per heavy atom. The van der Waals surface area contributed by atoms with Gasteiger partial charge in [-0.1, -0.05) is 38.1 Å². The third-order valence-corrected chi connectivity index (χ3v) is 7.26. The molecule has 5 rings (SSSR count). The Kier molecular flexibility index (Phi) is 8.16. The molecule has 4 N–H and O–H groups in total. The summed E-state index contributed by atoms with van der Waals surface area (Å²) in [5, 5.41) is 22.3. The van der Waals surface area contributed by atoms with Gasteiger partial charge in [0.25, 0.3) is 0 Å². The standard InChI is InChI=1S/C30H35FN6O3/c1-19(2)29(33)37-18-23(7-10-28(37)32)40-27-9-8-26(24-5-3-4-6-25(24)27)35-30(38)34-21-15-20(31)16-22(17-21)36-11-13-39-14-12-36/h3-7,10,15-19,26-27,32-33H,8-9,11-14H2,1-2H3,(H2,34,35,38)/t26-,27+/m0/s1. The van der Waals surface area contributed by atoms with Crippen LogP contribution >= 0.6 is 0 Å². The van der Waals surface area contributed by atoms with Gasteiger partial charge in [-0.2, -0.15) is 0 Å². The molecule has 0 unspecified atom stereocenters. The van der Waals surface area contributed by atoms with E-state index in [1.807, 2.05) is 43.0 Å². The molecule has 2 aliphatic rings. The largest absolute Gasteiger partial charge is 0.484 e. The number of ether oxygens (including phenoxy) is 2. The minimum absolute atomic E-state index is 0.0314. The van der Waals surface area contributed by atoms with Gasteiger partial charge in [0.2, 0.25) is 0 Å². The van der Waals surface area contributed by atoms with Crippen molar-refractivity contribution < 1.29 is 18.7 Å². The third-order valence-electron chi connectivity index (χ3n) is 7.26. The molecule has 1 saturated heterocycles. The molecule has 10 heteroatoms. The van der Waals surface area contributed by atoms with Gasteiger partial charge in [-0.05, 0) is 54.3 Å². The lowest BCUT2D eigenvalue weighted by atomic mass is 9.85. The number of rotatable bonds is 6. The first kappa shape index (κ1) is 27.4. The molecule has 2 atom stereocenters. The Morgan fingerprint density at radius 2 is 1.82 bits per heavy atom. The number of hydrogen-bond acceptors (Lipinski definition) is 6. The molecule has 2 aromatic carbocycles. The summed E-state index contributed by atoms with van der Waals surface area (Å²) in [5.74, 6) is 0.458. The number of anilines is 2. The van der Waals surface area contributed by atoms with Gasteiger partial charge < -0.3 is 25.0 Å². The number of urea groups is 1.